The lowest BCUT2D eigenvalue weighted by atomic mass is 10.0. The van der Waals surface area contributed by atoms with Gasteiger partial charge in [0, 0.05) is 12.6 Å². The Morgan fingerprint density at radius 2 is 2.25 bits per heavy atom. The molecule has 5 heteroatoms. The first kappa shape index (κ1) is 14.1. The van der Waals surface area contributed by atoms with Crippen molar-refractivity contribution in [2.75, 3.05) is 13.1 Å². The zero-order valence-electron chi connectivity index (χ0n) is 11.3. The summed E-state index contributed by atoms with van der Waals surface area (Å²) in [5.41, 5.74) is 0.586. The highest BCUT2D eigenvalue weighted by molar-refractivity contribution is 5.99. The smallest absolute Gasteiger partial charge is 0.282 e. The average molecular weight is 272 g/mol. The number of hydrogen-bond donors (Lipinski definition) is 0. The van der Waals surface area contributed by atoms with Crippen molar-refractivity contribution in [3.8, 4) is 12.3 Å². The highest BCUT2D eigenvalue weighted by Crippen LogP contribution is 2.31. The molecular weight excluding hydrogens is 256 g/mol. The standard InChI is InChI=1S/C15H16N2O3/c1-3-9-16(10-12-7-8-12)15(18)14-11(2)5-4-6-13(14)17(19)20/h1,4-6,12H,7-10H2,2H3. The van der Waals surface area contributed by atoms with E-state index < -0.39 is 4.92 Å². The Morgan fingerprint density at radius 3 is 2.80 bits per heavy atom. The third-order valence-corrected chi connectivity index (χ3v) is 3.41. The van der Waals surface area contributed by atoms with E-state index in [1.807, 2.05) is 0 Å². The summed E-state index contributed by atoms with van der Waals surface area (Å²) in [6, 6.07) is 4.63. The molecule has 5 nitrogen and oxygen atoms in total. The molecule has 1 aromatic carbocycles. The van der Waals surface area contributed by atoms with Crippen LogP contribution in [0.1, 0.15) is 28.8 Å². The van der Waals surface area contributed by atoms with Crippen molar-refractivity contribution in [1.82, 2.24) is 4.90 Å². The summed E-state index contributed by atoms with van der Waals surface area (Å²) in [6.07, 6.45) is 7.47. The molecule has 0 radical (unpaired) electrons. The lowest BCUT2D eigenvalue weighted by Gasteiger charge is -2.20. The quantitative estimate of drug-likeness (QED) is 0.469. The molecule has 1 aliphatic rings. The molecule has 104 valence electrons. The van der Waals surface area contributed by atoms with E-state index in [0.717, 1.165) is 12.8 Å². The molecule has 1 amide bonds. The van der Waals surface area contributed by atoms with Gasteiger partial charge in [0.25, 0.3) is 11.6 Å². The Bertz CT molecular complexity index is 585. The van der Waals surface area contributed by atoms with Gasteiger partial charge >= 0.3 is 0 Å². The van der Waals surface area contributed by atoms with Crippen LogP contribution in [0.25, 0.3) is 0 Å². The molecule has 0 N–H and O–H groups in total. The SMILES string of the molecule is C#CCN(CC1CC1)C(=O)c1c(C)cccc1[N+](=O)[O-]. The predicted octanol–water partition coefficient (Wildman–Crippen LogP) is 2.39. The first-order valence-electron chi connectivity index (χ1n) is 6.51. The fourth-order valence-electron chi connectivity index (χ4n) is 2.18. The average Bonchev–Trinajstić information content (AvgIpc) is 3.21. The van der Waals surface area contributed by atoms with Crippen molar-refractivity contribution in [2.45, 2.75) is 19.8 Å². The minimum atomic E-state index is -0.522. The van der Waals surface area contributed by atoms with Crippen molar-refractivity contribution >= 4 is 11.6 Å². The summed E-state index contributed by atoms with van der Waals surface area (Å²) in [5, 5.41) is 11.1. The maximum absolute atomic E-state index is 12.6. The van der Waals surface area contributed by atoms with E-state index >= 15 is 0 Å². The Kier molecular flexibility index (Phi) is 4.04. The summed E-state index contributed by atoms with van der Waals surface area (Å²) in [7, 11) is 0. The van der Waals surface area contributed by atoms with Crippen LogP contribution in [0.15, 0.2) is 18.2 Å². The minimum Gasteiger partial charge on any atom is -0.327 e. The van der Waals surface area contributed by atoms with Crippen LogP contribution in [0, 0.1) is 35.3 Å². The minimum absolute atomic E-state index is 0.147. The third-order valence-electron chi connectivity index (χ3n) is 3.41. The van der Waals surface area contributed by atoms with Crippen LogP contribution in [0.5, 0.6) is 0 Å². The molecule has 0 aromatic heterocycles. The van der Waals surface area contributed by atoms with E-state index in [0.29, 0.717) is 18.0 Å². The fraction of sp³-hybridized carbons (Fsp3) is 0.400. The molecule has 0 unspecified atom stereocenters. The van der Waals surface area contributed by atoms with Gasteiger partial charge < -0.3 is 4.90 Å². The number of benzene rings is 1. The molecule has 1 saturated carbocycles. The second-order valence-electron chi connectivity index (χ2n) is 5.06. The van der Waals surface area contributed by atoms with Crippen LogP contribution >= 0.6 is 0 Å². The summed E-state index contributed by atoms with van der Waals surface area (Å²) >= 11 is 0. The Balaban J connectivity index is 2.35. The van der Waals surface area contributed by atoms with Gasteiger partial charge in [-0.2, -0.15) is 0 Å². The van der Waals surface area contributed by atoms with Gasteiger partial charge in [-0.25, -0.2) is 0 Å². The molecular formula is C15H16N2O3. The van der Waals surface area contributed by atoms with E-state index in [-0.39, 0.29) is 23.7 Å². The number of hydrogen-bond acceptors (Lipinski definition) is 3. The monoisotopic (exact) mass is 272 g/mol. The Morgan fingerprint density at radius 1 is 1.55 bits per heavy atom. The number of rotatable bonds is 5. The predicted molar refractivity (Wildman–Crippen MR) is 75.3 cm³/mol. The molecule has 1 aliphatic carbocycles. The highest BCUT2D eigenvalue weighted by Gasteiger charge is 2.30. The largest absolute Gasteiger partial charge is 0.327 e. The van der Waals surface area contributed by atoms with E-state index in [1.54, 1.807) is 19.1 Å². The molecule has 0 saturated heterocycles. The number of carbonyl (C=O) groups excluding carboxylic acids is 1. The first-order valence-corrected chi connectivity index (χ1v) is 6.51. The van der Waals surface area contributed by atoms with E-state index in [9.17, 15) is 14.9 Å². The van der Waals surface area contributed by atoms with Crippen molar-refractivity contribution < 1.29 is 9.72 Å². The maximum atomic E-state index is 12.6. The number of aryl methyl sites for hydroxylation is 1. The van der Waals surface area contributed by atoms with Gasteiger partial charge in [-0.3, -0.25) is 14.9 Å². The molecule has 1 aromatic rings. The summed E-state index contributed by atoms with van der Waals surface area (Å²) in [5.74, 6) is 2.59. The van der Waals surface area contributed by atoms with Crippen LogP contribution in [0.3, 0.4) is 0 Å². The highest BCUT2D eigenvalue weighted by atomic mass is 16.6. The van der Waals surface area contributed by atoms with Gasteiger partial charge in [0.2, 0.25) is 0 Å². The number of nitro groups is 1. The Labute approximate surface area is 117 Å². The molecule has 0 spiro atoms. The van der Waals surface area contributed by atoms with Crippen molar-refractivity contribution in [2.24, 2.45) is 5.92 Å². The lowest BCUT2D eigenvalue weighted by molar-refractivity contribution is -0.385. The van der Waals surface area contributed by atoms with Gasteiger partial charge in [0.05, 0.1) is 11.5 Å². The zero-order valence-corrected chi connectivity index (χ0v) is 11.3. The number of terminal acetylenes is 1. The second-order valence-corrected chi connectivity index (χ2v) is 5.06. The zero-order chi connectivity index (χ0) is 14.7. The normalized spacial score (nSPS) is 13.6. The van der Waals surface area contributed by atoms with Gasteiger partial charge in [-0.15, -0.1) is 6.42 Å². The fourth-order valence-corrected chi connectivity index (χ4v) is 2.18. The first-order chi connectivity index (χ1) is 9.54. The van der Waals surface area contributed by atoms with Gasteiger partial charge in [-0.1, -0.05) is 18.1 Å². The lowest BCUT2D eigenvalue weighted by Crippen LogP contribution is -2.34. The maximum Gasteiger partial charge on any atom is 0.282 e. The molecule has 2 rings (SSSR count). The molecule has 0 atom stereocenters. The summed E-state index contributed by atoms with van der Waals surface area (Å²) in [4.78, 5) is 24.7. The third kappa shape index (κ3) is 2.97. The van der Waals surface area contributed by atoms with Crippen LogP contribution in [0.4, 0.5) is 5.69 Å². The molecule has 0 aliphatic heterocycles. The Hall–Kier alpha value is -2.35. The van der Waals surface area contributed by atoms with Crippen LogP contribution in [-0.2, 0) is 0 Å². The van der Waals surface area contributed by atoms with E-state index in [2.05, 4.69) is 5.92 Å². The number of nitro benzene ring substituents is 1. The van der Waals surface area contributed by atoms with Crippen molar-refractivity contribution in [3.05, 3.63) is 39.4 Å². The number of carbonyl (C=O) groups is 1. The van der Waals surface area contributed by atoms with Crippen LogP contribution in [0.2, 0.25) is 0 Å². The molecule has 0 heterocycles. The number of amides is 1. The molecule has 0 bridgehead atoms. The van der Waals surface area contributed by atoms with Gasteiger partial charge in [0.15, 0.2) is 0 Å². The van der Waals surface area contributed by atoms with Crippen LogP contribution < -0.4 is 0 Å². The van der Waals surface area contributed by atoms with E-state index in [4.69, 9.17) is 6.42 Å². The van der Waals surface area contributed by atoms with Crippen molar-refractivity contribution in [1.29, 1.82) is 0 Å². The summed E-state index contributed by atoms with van der Waals surface area (Å²) < 4.78 is 0. The summed E-state index contributed by atoms with van der Waals surface area (Å²) in [6.45, 7) is 2.46. The van der Waals surface area contributed by atoms with Gasteiger partial charge in [0.1, 0.15) is 5.56 Å². The van der Waals surface area contributed by atoms with Gasteiger partial charge in [-0.05, 0) is 31.2 Å². The molecule has 20 heavy (non-hydrogen) atoms. The van der Waals surface area contributed by atoms with Crippen molar-refractivity contribution in [3.63, 3.8) is 0 Å². The second kappa shape index (κ2) is 5.74. The molecule has 1 fully saturated rings. The van der Waals surface area contributed by atoms with E-state index in [1.165, 1.54) is 11.0 Å². The topological polar surface area (TPSA) is 63.5 Å². The number of nitrogens with zero attached hydrogens (tertiary/aromatic N) is 2. The van der Waals surface area contributed by atoms with Crippen LogP contribution in [-0.4, -0.2) is 28.8 Å².